The van der Waals surface area contributed by atoms with Gasteiger partial charge >= 0.3 is 17.9 Å². The number of unbranched alkanes of at least 4 members (excludes halogenated alkanes) is 21. The third-order valence-corrected chi connectivity index (χ3v) is 9.02. The zero-order valence-electron chi connectivity index (χ0n) is 27.1. The second-order valence-corrected chi connectivity index (χ2v) is 13.0. The van der Waals surface area contributed by atoms with E-state index >= 15 is 0 Å². The van der Waals surface area contributed by atoms with Gasteiger partial charge in [0.1, 0.15) is 0 Å². The molecule has 2 rings (SSSR count). The highest BCUT2D eigenvalue weighted by Crippen LogP contribution is 2.39. The molecule has 2 saturated heterocycles. The van der Waals surface area contributed by atoms with Crippen molar-refractivity contribution in [3.63, 3.8) is 0 Å². The predicted octanol–water partition coefficient (Wildman–Crippen LogP) is 9.01. The van der Waals surface area contributed by atoms with Crippen LogP contribution in [-0.2, 0) is 28.6 Å². The molecule has 7 nitrogen and oxygen atoms in total. The van der Waals surface area contributed by atoms with E-state index < -0.39 is 48.2 Å². The van der Waals surface area contributed by atoms with Crippen LogP contribution in [0.4, 0.5) is 0 Å². The smallest absolute Gasteiger partial charge is 0.342 e. The van der Waals surface area contributed by atoms with E-state index in [2.05, 4.69) is 13.8 Å². The van der Waals surface area contributed by atoms with Gasteiger partial charge in [0, 0.05) is 6.42 Å². The van der Waals surface area contributed by atoms with Gasteiger partial charge < -0.3 is 19.3 Å². The first-order valence-electron chi connectivity index (χ1n) is 17.7. The summed E-state index contributed by atoms with van der Waals surface area (Å²) >= 11 is 0. The fraction of sp³-hybridized carbons (Fsp3) is 0.914. The number of aliphatic hydroxyl groups is 1. The summed E-state index contributed by atoms with van der Waals surface area (Å²) in [6, 6.07) is 0. The fourth-order valence-electron chi connectivity index (χ4n) is 6.36. The Labute approximate surface area is 256 Å². The van der Waals surface area contributed by atoms with Gasteiger partial charge in [-0.1, -0.05) is 149 Å². The third-order valence-electron chi connectivity index (χ3n) is 9.02. The molecule has 2 fully saturated rings. The molecule has 0 aliphatic carbocycles. The molecule has 7 heteroatoms. The Balaban J connectivity index is 1.80. The molecule has 0 radical (unpaired) electrons. The predicted molar refractivity (Wildman–Crippen MR) is 166 cm³/mol. The van der Waals surface area contributed by atoms with Gasteiger partial charge in [-0.05, 0) is 19.3 Å². The molecular weight excluding hydrogens is 532 g/mol. The van der Waals surface area contributed by atoms with Crippen LogP contribution >= 0.6 is 0 Å². The molecule has 1 N–H and O–H groups in total. The summed E-state index contributed by atoms with van der Waals surface area (Å²) in [6.07, 6.45) is 26.1. The molecule has 0 aromatic rings. The van der Waals surface area contributed by atoms with Crippen molar-refractivity contribution >= 4 is 17.9 Å². The van der Waals surface area contributed by atoms with Gasteiger partial charge in [0.05, 0.1) is 12.8 Å². The van der Waals surface area contributed by atoms with E-state index in [-0.39, 0.29) is 6.42 Å². The van der Waals surface area contributed by atoms with Crippen molar-refractivity contribution in [3.8, 4) is 0 Å². The van der Waals surface area contributed by atoms with Crippen molar-refractivity contribution in [1.29, 1.82) is 0 Å². The Kier molecular flexibility index (Phi) is 18.4. The maximum absolute atomic E-state index is 13.0. The average molecular weight is 595 g/mol. The Bertz CT molecular complexity index is 768. The number of hydrogen-bond acceptors (Lipinski definition) is 7. The number of rotatable bonds is 25. The first-order chi connectivity index (χ1) is 20.3. The number of ether oxygens (including phenoxy) is 3. The van der Waals surface area contributed by atoms with Crippen LogP contribution in [0.5, 0.6) is 0 Å². The van der Waals surface area contributed by atoms with Crippen molar-refractivity contribution in [1.82, 2.24) is 0 Å². The van der Waals surface area contributed by atoms with Gasteiger partial charge in [-0.2, -0.15) is 0 Å². The molecule has 0 aromatic carbocycles. The van der Waals surface area contributed by atoms with Crippen LogP contribution in [0.1, 0.15) is 187 Å². The summed E-state index contributed by atoms with van der Waals surface area (Å²) in [6.45, 7) is 4.47. The summed E-state index contributed by atoms with van der Waals surface area (Å²) in [5, 5.41) is 10.8. The number of esters is 3. The fourth-order valence-corrected chi connectivity index (χ4v) is 6.36. The Morgan fingerprint density at radius 3 is 1.45 bits per heavy atom. The highest BCUT2D eigenvalue weighted by Gasteiger charge is 2.58. The number of carbonyl (C=O) groups excluding carboxylic acids is 3. The van der Waals surface area contributed by atoms with Crippen molar-refractivity contribution in [2.75, 3.05) is 0 Å². The minimum atomic E-state index is -2.23. The molecule has 2 bridgehead atoms. The van der Waals surface area contributed by atoms with Crippen molar-refractivity contribution in [2.45, 2.75) is 205 Å². The normalized spacial score (nSPS) is 24.1. The quantitative estimate of drug-likeness (QED) is 0.0831. The number of fused-ring (bicyclic) bond motifs is 3. The van der Waals surface area contributed by atoms with E-state index in [4.69, 9.17) is 14.2 Å². The first-order valence-corrected chi connectivity index (χ1v) is 17.7. The van der Waals surface area contributed by atoms with Gasteiger partial charge in [-0.25, -0.2) is 4.79 Å². The summed E-state index contributed by atoms with van der Waals surface area (Å²) in [7, 11) is 0. The van der Waals surface area contributed by atoms with E-state index in [0.29, 0.717) is 12.8 Å². The minimum absolute atomic E-state index is 0.272. The van der Waals surface area contributed by atoms with Crippen LogP contribution in [0.15, 0.2) is 0 Å². The minimum Gasteiger partial charge on any atom is -0.454 e. The standard InChI is InChI=1S/C35H62O7/c1-3-5-7-9-11-13-14-15-16-17-19-21-23-25-27-35-30(26-24-22-20-18-12-10-8-6-4-2)40-31(36)28-34(39,33(38)42-35)29-32(37)41-35/h30,39H,3-29H2,1-2H3. The van der Waals surface area contributed by atoms with Crippen LogP contribution < -0.4 is 0 Å². The molecule has 0 amide bonds. The Morgan fingerprint density at radius 1 is 0.571 bits per heavy atom. The summed E-state index contributed by atoms with van der Waals surface area (Å²) in [4.78, 5) is 38.4. The molecule has 2 aliphatic heterocycles. The molecule has 3 atom stereocenters. The lowest BCUT2D eigenvalue weighted by Gasteiger charge is -2.39. The van der Waals surface area contributed by atoms with E-state index in [1.165, 1.54) is 103 Å². The molecule has 2 aliphatic rings. The Hall–Kier alpha value is -1.63. The van der Waals surface area contributed by atoms with E-state index in [1.807, 2.05) is 0 Å². The number of cyclic esters (lactones) is 1. The SMILES string of the molecule is CCCCCCCCCCCCCCCCC12OC(=O)CC(O)(CC(=O)OC1CCCCCCCCCCC)C(=O)O2. The van der Waals surface area contributed by atoms with Gasteiger partial charge in [0.25, 0.3) is 5.79 Å². The maximum Gasteiger partial charge on any atom is 0.342 e. The lowest BCUT2D eigenvalue weighted by atomic mass is 9.93. The molecule has 0 aromatic heterocycles. The maximum atomic E-state index is 13.0. The van der Waals surface area contributed by atoms with Crippen LogP contribution in [0.2, 0.25) is 0 Å². The van der Waals surface area contributed by atoms with Crippen LogP contribution in [-0.4, -0.2) is 40.5 Å². The van der Waals surface area contributed by atoms with E-state index in [0.717, 1.165) is 38.5 Å². The second-order valence-electron chi connectivity index (χ2n) is 13.0. The van der Waals surface area contributed by atoms with Gasteiger partial charge in [-0.15, -0.1) is 0 Å². The summed E-state index contributed by atoms with van der Waals surface area (Å²) < 4.78 is 17.3. The summed E-state index contributed by atoms with van der Waals surface area (Å²) in [5.74, 6) is -4.01. The lowest BCUT2D eigenvalue weighted by Crippen LogP contribution is -2.55. The Morgan fingerprint density at radius 2 is 0.976 bits per heavy atom. The van der Waals surface area contributed by atoms with Gasteiger partial charge in [0.2, 0.25) is 0 Å². The molecular formula is C35H62O7. The average Bonchev–Trinajstić information content (AvgIpc) is 3.01. The molecule has 0 saturated carbocycles. The molecule has 244 valence electrons. The van der Waals surface area contributed by atoms with E-state index in [1.54, 1.807) is 0 Å². The van der Waals surface area contributed by atoms with Crippen molar-refractivity contribution < 1.29 is 33.7 Å². The summed E-state index contributed by atoms with van der Waals surface area (Å²) in [5.41, 5.74) is -2.23. The third kappa shape index (κ3) is 13.8. The van der Waals surface area contributed by atoms with Gasteiger partial charge in [-0.3, -0.25) is 9.59 Å². The zero-order chi connectivity index (χ0) is 30.5. The van der Waals surface area contributed by atoms with Crippen molar-refractivity contribution in [3.05, 3.63) is 0 Å². The molecule has 2 heterocycles. The molecule has 0 spiro atoms. The monoisotopic (exact) mass is 594 g/mol. The first kappa shape index (κ1) is 36.6. The van der Waals surface area contributed by atoms with Crippen molar-refractivity contribution in [2.24, 2.45) is 0 Å². The van der Waals surface area contributed by atoms with Crippen LogP contribution in [0, 0.1) is 0 Å². The van der Waals surface area contributed by atoms with E-state index in [9.17, 15) is 19.5 Å². The second kappa shape index (κ2) is 21.1. The van der Waals surface area contributed by atoms with Crippen LogP contribution in [0.25, 0.3) is 0 Å². The lowest BCUT2D eigenvalue weighted by molar-refractivity contribution is -0.273. The highest BCUT2D eigenvalue weighted by atomic mass is 16.8. The van der Waals surface area contributed by atoms with Gasteiger partial charge in [0.15, 0.2) is 11.7 Å². The topological polar surface area (TPSA) is 99.1 Å². The number of hydrogen-bond donors (Lipinski definition) is 1. The highest BCUT2D eigenvalue weighted by molar-refractivity contribution is 5.92. The number of carbonyl (C=O) groups is 3. The largest absolute Gasteiger partial charge is 0.454 e. The molecule has 42 heavy (non-hydrogen) atoms. The zero-order valence-corrected chi connectivity index (χ0v) is 27.1. The van der Waals surface area contributed by atoms with Crippen LogP contribution in [0.3, 0.4) is 0 Å². The molecule has 3 unspecified atom stereocenters.